The van der Waals surface area contributed by atoms with Crippen molar-refractivity contribution in [1.82, 2.24) is 5.43 Å². The molecule has 0 atom stereocenters. The summed E-state index contributed by atoms with van der Waals surface area (Å²) < 4.78 is 7.97. The van der Waals surface area contributed by atoms with Crippen LogP contribution >= 0.6 is 45.2 Å². The second kappa shape index (κ2) is 11.2. The molecular formula is C22H17I2N3O4. The van der Waals surface area contributed by atoms with Crippen LogP contribution in [0.25, 0.3) is 0 Å². The second-order valence-electron chi connectivity index (χ2n) is 6.46. The summed E-state index contributed by atoms with van der Waals surface area (Å²) in [6.07, 6.45) is 1.39. The third-order valence-electron chi connectivity index (χ3n) is 4.21. The molecule has 0 saturated heterocycles. The van der Waals surface area contributed by atoms with Crippen LogP contribution in [0, 0.1) is 17.3 Å². The molecule has 9 heteroatoms. The van der Waals surface area contributed by atoms with Gasteiger partial charge in [0.2, 0.25) is 5.91 Å². The van der Waals surface area contributed by atoms with Gasteiger partial charge in [0, 0.05) is 15.2 Å². The first-order valence-electron chi connectivity index (χ1n) is 9.13. The van der Waals surface area contributed by atoms with Gasteiger partial charge in [0.05, 0.1) is 21.1 Å². The standard InChI is InChI=1S/C22H17I2N3O4/c23-18-8-5-15(6-9-18)14-31-21-10-7-16(11-19(21)24)13-25-26-22(28)12-17-3-1-2-4-20(17)27(29)30/h1-11,13H,12,14H2,(H,26,28)/b25-13+. The highest BCUT2D eigenvalue weighted by molar-refractivity contribution is 14.1. The minimum absolute atomic E-state index is 0.0861. The molecule has 0 saturated carbocycles. The zero-order valence-corrected chi connectivity index (χ0v) is 20.4. The summed E-state index contributed by atoms with van der Waals surface area (Å²) in [6, 6.07) is 19.9. The topological polar surface area (TPSA) is 93.8 Å². The van der Waals surface area contributed by atoms with Crippen molar-refractivity contribution in [2.24, 2.45) is 5.10 Å². The number of nitro benzene ring substituents is 1. The lowest BCUT2D eigenvalue weighted by Crippen LogP contribution is -2.20. The minimum Gasteiger partial charge on any atom is -0.488 e. The van der Waals surface area contributed by atoms with E-state index in [2.05, 4.69) is 55.7 Å². The first-order chi connectivity index (χ1) is 14.9. The number of ether oxygens (including phenoxy) is 1. The molecule has 3 aromatic rings. The molecule has 3 aromatic carbocycles. The van der Waals surface area contributed by atoms with Crippen molar-refractivity contribution in [3.63, 3.8) is 0 Å². The molecule has 31 heavy (non-hydrogen) atoms. The normalized spacial score (nSPS) is 10.8. The monoisotopic (exact) mass is 641 g/mol. The van der Waals surface area contributed by atoms with Crippen LogP contribution in [0.5, 0.6) is 5.75 Å². The number of halogens is 2. The van der Waals surface area contributed by atoms with Gasteiger partial charge in [-0.3, -0.25) is 14.9 Å². The summed E-state index contributed by atoms with van der Waals surface area (Å²) in [7, 11) is 0. The molecule has 0 aliphatic heterocycles. The number of benzene rings is 3. The predicted molar refractivity (Wildman–Crippen MR) is 135 cm³/mol. The van der Waals surface area contributed by atoms with Crippen LogP contribution in [0.15, 0.2) is 71.8 Å². The molecule has 0 bridgehead atoms. The number of carbonyl (C=O) groups is 1. The molecule has 3 rings (SSSR count). The van der Waals surface area contributed by atoms with Crippen LogP contribution in [0.3, 0.4) is 0 Å². The molecule has 0 aliphatic rings. The van der Waals surface area contributed by atoms with Gasteiger partial charge in [-0.2, -0.15) is 5.10 Å². The van der Waals surface area contributed by atoms with Crippen LogP contribution in [0.2, 0.25) is 0 Å². The fourth-order valence-corrected chi connectivity index (χ4v) is 3.74. The van der Waals surface area contributed by atoms with Crippen molar-refractivity contribution >= 4 is 63.0 Å². The number of nitro groups is 1. The number of carbonyl (C=O) groups excluding carboxylic acids is 1. The molecule has 1 N–H and O–H groups in total. The lowest BCUT2D eigenvalue weighted by atomic mass is 10.1. The minimum atomic E-state index is -0.504. The van der Waals surface area contributed by atoms with Crippen molar-refractivity contribution in [3.8, 4) is 5.75 Å². The molecule has 0 unspecified atom stereocenters. The average Bonchev–Trinajstić information content (AvgIpc) is 2.74. The highest BCUT2D eigenvalue weighted by Gasteiger charge is 2.15. The van der Waals surface area contributed by atoms with Crippen LogP contribution in [-0.4, -0.2) is 17.0 Å². The largest absolute Gasteiger partial charge is 0.488 e. The molecule has 0 heterocycles. The van der Waals surface area contributed by atoms with Crippen LogP contribution < -0.4 is 10.2 Å². The Balaban J connectivity index is 1.55. The molecule has 158 valence electrons. The quantitative estimate of drug-likeness (QED) is 0.161. The van der Waals surface area contributed by atoms with Crippen molar-refractivity contribution < 1.29 is 14.5 Å². The van der Waals surface area contributed by atoms with Gasteiger partial charge >= 0.3 is 0 Å². The zero-order chi connectivity index (χ0) is 22.2. The van der Waals surface area contributed by atoms with Crippen LogP contribution in [-0.2, 0) is 17.8 Å². The summed E-state index contributed by atoms with van der Waals surface area (Å²) in [4.78, 5) is 22.6. The van der Waals surface area contributed by atoms with Gasteiger partial charge < -0.3 is 4.74 Å². The fraction of sp³-hybridized carbons (Fsp3) is 0.0909. The smallest absolute Gasteiger partial charge is 0.273 e. The molecule has 0 aromatic heterocycles. The molecule has 0 fully saturated rings. The van der Waals surface area contributed by atoms with E-state index in [9.17, 15) is 14.9 Å². The number of nitrogens with one attached hydrogen (secondary N) is 1. The Bertz CT molecular complexity index is 1120. The fourth-order valence-electron chi connectivity index (χ4n) is 2.69. The maximum Gasteiger partial charge on any atom is 0.273 e. The summed E-state index contributed by atoms with van der Waals surface area (Å²) in [5, 5.41) is 15.0. The van der Waals surface area contributed by atoms with E-state index >= 15 is 0 Å². The molecule has 0 spiro atoms. The summed E-state index contributed by atoms with van der Waals surface area (Å²) in [5.74, 6) is 0.328. The first kappa shape index (κ1) is 23.1. The third-order valence-corrected chi connectivity index (χ3v) is 5.77. The average molecular weight is 641 g/mol. The lowest BCUT2D eigenvalue weighted by molar-refractivity contribution is -0.385. The number of amides is 1. The number of para-hydroxylation sites is 1. The van der Waals surface area contributed by atoms with Gasteiger partial charge in [0.1, 0.15) is 12.4 Å². The van der Waals surface area contributed by atoms with E-state index in [4.69, 9.17) is 4.74 Å². The first-order valence-corrected chi connectivity index (χ1v) is 11.3. The molecule has 0 radical (unpaired) electrons. The Morgan fingerprint density at radius 2 is 1.84 bits per heavy atom. The van der Waals surface area contributed by atoms with Crippen molar-refractivity contribution in [1.29, 1.82) is 0 Å². The van der Waals surface area contributed by atoms with Gasteiger partial charge in [0.15, 0.2) is 0 Å². The highest BCUT2D eigenvalue weighted by atomic mass is 127. The number of nitrogens with zero attached hydrogens (tertiary/aromatic N) is 2. The Kier molecular flexibility index (Phi) is 8.35. The third kappa shape index (κ3) is 6.99. The molecule has 7 nitrogen and oxygen atoms in total. The van der Waals surface area contributed by atoms with E-state index < -0.39 is 10.8 Å². The Hall–Kier alpha value is -2.54. The van der Waals surface area contributed by atoms with E-state index in [0.717, 1.165) is 20.4 Å². The SMILES string of the molecule is O=C(Cc1ccccc1[N+](=O)[O-])N/N=C/c1ccc(OCc2ccc(I)cc2)c(I)c1. The summed E-state index contributed by atoms with van der Waals surface area (Å²) in [5.41, 5.74) is 4.53. The van der Waals surface area contributed by atoms with Gasteiger partial charge in [-0.15, -0.1) is 0 Å². The van der Waals surface area contributed by atoms with Crippen molar-refractivity contribution in [3.05, 3.63) is 101 Å². The maximum atomic E-state index is 12.1. The second-order valence-corrected chi connectivity index (χ2v) is 8.87. The Morgan fingerprint density at radius 3 is 2.55 bits per heavy atom. The van der Waals surface area contributed by atoms with E-state index in [1.165, 1.54) is 15.9 Å². The van der Waals surface area contributed by atoms with Crippen LogP contribution in [0.1, 0.15) is 16.7 Å². The van der Waals surface area contributed by atoms with Crippen molar-refractivity contribution in [2.75, 3.05) is 0 Å². The van der Waals surface area contributed by atoms with E-state index in [1.54, 1.807) is 18.2 Å². The molecule has 0 aliphatic carbocycles. The lowest BCUT2D eigenvalue weighted by Gasteiger charge is -2.09. The predicted octanol–water partition coefficient (Wildman–Crippen LogP) is 5.08. The maximum absolute atomic E-state index is 12.1. The molecule has 1 amide bonds. The Morgan fingerprint density at radius 1 is 1.10 bits per heavy atom. The van der Waals surface area contributed by atoms with Gasteiger partial charge in [-0.05, 0) is 86.6 Å². The number of hydrogen-bond acceptors (Lipinski definition) is 5. The van der Waals surface area contributed by atoms with Gasteiger partial charge in [-0.25, -0.2) is 5.43 Å². The zero-order valence-electron chi connectivity index (χ0n) is 16.1. The highest BCUT2D eigenvalue weighted by Crippen LogP contribution is 2.23. The summed E-state index contributed by atoms with van der Waals surface area (Å²) in [6.45, 7) is 0.474. The number of rotatable bonds is 8. The number of hydrazone groups is 1. The van der Waals surface area contributed by atoms with E-state index in [0.29, 0.717) is 12.2 Å². The van der Waals surface area contributed by atoms with Gasteiger partial charge in [-0.1, -0.05) is 30.3 Å². The molecular weight excluding hydrogens is 624 g/mol. The van der Waals surface area contributed by atoms with E-state index in [1.807, 2.05) is 42.5 Å². The van der Waals surface area contributed by atoms with Crippen LogP contribution in [0.4, 0.5) is 5.69 Å². The van der Waals surface area contributed by atoms with Gasteiger partial charge in [0.25, 0.3) is 5.69 Å². The van der Waals surface area contributed by atoms with Crippen molar-refractivity contribution in [2.45, 2.75) is 13.0 Å². The Labute approximate surface area is 206 Å². The number of hydrogen-bond donors (Lipinski definition) is 1. The van der Waals surface area contributed by atoms with E-state index in [-0.39, 0.29) is 12.1 Å². The summed E-state index contributed by atoms with van der Waals surface area (Å²) >= 11 is 4.45.